The molecule has 1 aliphatic rings. The van der Waals surface area contributed by atoms with Crippen LogP contribution in [0.5, 0.6) is 0 Å². The highest BCUT2D eigenvalue weighted by molar-refractivity contribution is 6.34. The second-order valence-corrected chi connectivity index (χ2v) is 5.61. The van der Waals surface area contributed by atoms with Gasteiger partial charge in [0.1, 0.15) is 0 Å². The largest absolute Gasteiger partial charge is 0.501 e. The summed E-state index contributed by atoms with van der Waals surface area (Å²) in [5.41, 5.74) is 2.43. The number of hydrogen-bond acceptors (Lipinski definition) is 3. The van der Waals surface area contributed by atoms with E-state index in [1.165, 1.54) is 4.90 Å². The maximum absolute atomic E-state index is 12.4. The maximum Gasteiger partial charge on any atom is 0.266 e. The SMILES string of the molecule is CCCCO/C=C/c1ccc(N2C(=O)c3ccccc3C2=O)cc1. The minimum absolute atomic E-state index is 0.276. The number of amides is 2. The van der Waals surface area contributed by atoms with Gasteiger partial charge in [0.05, 0.1) is 29.7 Å². The molecule has 0 aromatic heterocycles. The van der Waals surface area contributed by atoms with Gasteiger partial charge in [-0.25, -0.2) is 4.90 Å². The van der Waals surface area contributed by atoms with Crippen molar-refractivity contribution in [3.05, 3.63) is 71.5 Å². The minimum Gasteiger partial charge on any atom is -0.501 e. The molecule has 4 heteroatoms. The molecule has 2 amide bonds. The van der Waals surface area contributed by atoms with E-state index in [1.807, 2.05) is 18.2 Å². The predicted molar refractivity (Wildman–Crippen MR) is 93.9 cm³/mol. The van der Waals surface area contributed by atoms with Crippen molar-refractivity contribution in [1.82, 2.24) is 0 Å². The van der Waals surface area contributed by atoms with Crippen molar-refractivity contribution >= 4 is 23.6 Å². The van der Waals surface area contributed by atoms with Crippen LogP contribution in [0.25, 0.3) is 6.08 Å². The van der Waals surface area contributed by atoms with E-state index in [0.29, 0.717) is 23.4 Å². The summed E-state index contributed by atoms with van der Waals surface area (Å²) in [5.74, 6) is -0.552. The van der Waals surface area contributed by atoms with E-state index >= 15 is 0 Å². The minimum atomic E-state index is -0.276. The van der Waals surface area contributed by atoms with Crippen molar-refractivity contribution < 1.29 is 14.3 Å². The quantitative estimate of drug-likeness (QED) is 0.453. The van der Waals surface area contributed by atoms with Gasteiger partial charge >= 0.3 is 0 Å². The molecule has 1 aliphatic heterocycles. The Bertz CT molecular complexity index is 743. The van der Waals surface area contributed by atoms with Gasteiger partial charge in [0.25, 0.3) is 11.8 Å². The molecule has 0 saturated heterocycles. The van der Waals surface area contributed by atoms with Crippen LogP contribution in [-0.2, 0) is 4.74 Å². The molecule has 1 heterocycles. The van der Waals surface area contributed by atoms with Crippen LogP contribution in [0.15, 0.2) is 54.8 Å². The summed E-state index contributed by atoms with van der Waals surface area (Å²) in [6.45, 7) is 2.82. The Labute approximate surface area is 141 Å². The summed E-state index contributed by atoms with van der Waals surface area (Å²) in [4.78, 5) is 26.1. The average Bonchev–Trinajstić information content (AvgIpc) is 2.87. The number of rotatable bonds is 6. The molecule has 0 N–H and O–H groups in total. The molecule has 0 bridgehead atoms. The molecule has 0 saturated carbocycles. The molecule has 2 aromatic carbocycles. The van der Waals surface area contributed by atoms with Crippen molar-refractivity contribution in [2.24, 2.45) is 0 Å². The van der Waals surface area contributed by atoms with Gasteiger partial charge in [0, 0.05) is 0 Å². The van der Waals surface area contributed by atoms with E-state index < -0.39 is 0 Å². The molecule has 0 aliphatic carbocycles. The van der Waals surface area contributed by atoms with Crippen LogP contribution in [0.4, 0.5) is 5.69 Å². The van der Waals surface area contributed by atoms with Gasteiger partial charge in [0.15, 0.2) is 0 Å². The summed E-state index contributed by atoms with van der Waals surface area (Å²) in [6.07, 6.45) is 5.67. The standard InChI is InChI=1S/C20H19NO3/c1-2-3-13-24-14-12-15-8-10-16(11-9-15)21-19(22)17-6-4-5-7-18(17)20(21)23/h4-12,14H,2-3,13H2,1H3/b14-12+. The maximum atomic E-state index is 12.4. The molecule has 122 valence electrons. The van der Waals surface area contributed by atoms with Crippen LogP contribution in [-0.4, -0.2) is 18.4 Å². The molecular weight excluding hydrogens is 302 g/mol. The van der Waals surface area contributed by atoms with Crippen LogP contribution in [0.3, 0.4) is 0 Å². The molecule has 3 rings (SSSR count). The van der Waals surface area contributed by atoms with Crippen molar-refractivity contribution in [3.63, 3.8) is 0 Å². The Morgan fingerprint density at radius 3 is 2.17 bits per heavy atom. The number of imide groups is 1. The third-order valence-electron chi connectivity index (χ3n) is 3.92. The van der Waals surface area contributed by atoms with E-state index in [1.54, 1.807) is 42.7 Å². The first-order chi connectivity index (χ1) is 11.7. The van der Waals surface area contributed by atoms with Gasteiger partial charge in [0.2, 0.25) is 0 Å². The molecule has 0 radical (unpaired) electrons. The first-order valence-corrected chi connectivity index (χ1v) is 8.08. The highest BCUT2D eigenvalue weighted by Crippen LogP contribution is 2.28. The summed E-state index contributed by atoms with van der Waals surface area (Å²) in [6, 6.07) is 14.2. The van der Waals surface area contributed by atoms with E-state index in [4.69, 9.17) is 4.74 Å². The number of carbonyl (C=O) groups is 2. The van der Waals surface area contributed by atoms with E-state index in [2.05, 4.69) is 6.92 Å². The Hall–Kier alpha value is -2.88. The molecule has 0 unspecified atom stereocenters. The van der Waals surface area contributed by atoms with Crippen molar-refractivity contribution in [2.45, 2.75) is 19.8 Å². The average molecular weight is 321 g/mol. The monoisotopic (exact) mass is 321 g/mol. The number of carbonyl (C=O) groups excluding carboxylic acids is 2. The number of benzene rings is 2. The summed E-state index contributed by atoms with van der Waals surface area (Å²) in [5, 5.41) is 0. The fraction of sp³-hybridized carbons (Fsp3) is 0.200. The van der Waals surface area contributed by atoms with Gasteiger partial charge in [-0.05, 0) is 42.3 Å². The molecule has 0 atom stereocenters. The number of fused-ring (bicyclic) bond motifs is 1. The normalized spacial score (nSPS) is 13.6. The van der Waals surface area contributed by atoms with Crippen molar-refractivity contribution in [3.8, 4) is 0 Å². The first-order valence-electron chi connectivity index (χ1n) is 8.08. The lowest BCUT2D eigenvalue weighted by atomic mass is 10.1. The number of hydrogen-bond donors (Lipinski definition) is 0. The van der Waals surface area contributed by atoms with Crippen LogP contribution < -0.4 is 4.90 Å². The highest BCUT2D eigenvalue weighted by atomic mass is 16.5. The zero-order chi connectivity index (χ0) is 16.9. The van der Waals surface area contributed by atoms with Crippen LogP contribution in [0.2, 0.25) is 0 Å². The van der Waals surface area contributed by atoms with Gasteiger partial charge in [-0.1, -0.05) is 37.6 Å². The highest BCUT2D eigenvalue weighted by Gasteiger charge is 2.36. The third kappa shape index (κ3) is 3.08. The Morgan fingerprint density at radius 1 is 0.958 bits per heavy atom. The van der Waals surface area contributed by atoms with Gasteiger partial charge in [-0.15, -0.1) is 0 Å². The fourth-order valence-electron chi connectivity index (χ4n) is 2.58. The predicted octanol–water partition coefficient (Wildman–Crippen LogP) is 4.27. The summed E-state index contributed by atoms with van der Waals surface area (Å²) < 4.78 is 5.39. The lowest BCUT2D eigenvalue weighted by Crippen LogP contribution is -2.29. The van der Waals surface area contributed by atoms with Gasteiger partial charge in [-0.3, -0.25) is 9.59 Å². The molecule has 4 nitrogen and oxygen atoms in total. The Kier molecular flexibility index (Phi) is 4.75. The second kappa shape index (κ2) is 7.13. The van der Waals surface area contributed by atoms with Crippen molar-refractivity contribution in [1.29, 1.82) is 0 Å². The first kappa shape index (κ1) is 16.0. The van der Waals surface area contributed by atoms with Crippen LogP contribution in [0.1, 0.15) is 46.0 Å². The van der Waals surface area contributed by atoms with E-state index in [-0.39, 0.29) is 11.8 Å². The number of anilines is 1. The second-order valence-electron chi connectivity index (χ2n) is 5.61. The molecular formula is C20H19NO3. The zero-order valence-electron chi connectivity index (χ0n) is 13.6. The molecule has 0 spiro atoms. The number of unbranched alkanes of at least 4 members (excludes halogenated alkanes) is 1. The Balaban J connectivity index is 1.73. The number of ether oxygens (including phenoxy) is 1. The van der Waals surface area contributed by atoms with Crippen molar-refractivity contribution in [2.75, 3.05) is 11.5 Å². The van der Waals surface area contributed by atoms with Crippen LogP contribution >= 0.6 is 0 Å². The lowest BCUT2D eigenvalue weighted by molar-refractivity contribution is 0.0926. The summed E-state index contributed by atoms with van der Waals surface area (Å²) in [7, 11) is 0. The zero-order valence-corrected chi connectivity index (χ0v) is 13.6. The van der Waals surface area contributed by atoms with E-state index in [0.717, 1.165) is 18.4 Å². The Morgan fingerprint density at radius 2 is 1.58 bits per heavy atom. The topological polar surface area (TPSA) is 46.6 Å². The van der Waals surface area contributed by atoms with Gasteiger partial charge < -0.3 is 4.74 Å². The summed E-state index contributed by atoms with van der Waals surface area (Å²) >= 11 is 0. The van der Waals surface area contributed by atoms with Crippen LogP contribution in [0, 0.1) is 0 Å². The third-order valence-corrected chi connectivity index (χ3v) is 3.92. The fourth-order valence-corrected chi connectivity index (χ4v) is 2.58. The molecule has 0 fully saturated rings. The van der Waals surface area contributed by atoms with E-state index in [9.17, 15) is 9.59 Å². The lowest BCUT2D eigenvalue weighted by Gasteiger charge is -2.13. The molecule has 24 heavy (non-hydrogen) atoms. The molecule has 2 aromatic rings. The smallest absolute Gasteiger partial charge is 0.266 e. The number of nitrogens with zero attached hydrogens (tertiary/aromatic N) is 1. The van der Waals surface area contributed by atoms with Gasteiger partial charge in [-0.2, -0.15) is 0 Å².